The molecule has 2 aromatic rings. The lowest BCUT2D eigenvalue weighted by Gasteiger charge is -2.55. The van der Waals surface area contributed by atoms with Crippen LogP contribution in [0.25, 0.3) is 0 Å². The number of carbonyl (C=O) groups excluding carboxylic acids is 4. The van der Waals surface area contributed by atoms with Crippen LogP contribution in [0.15, 0.2) is 60.7 Å². The van der Waals surface area contributed by atoms with E-state index < -0.39 is 12.2 Å². The third-order valence-electron chi connectivity index (χ3n) is 12.2. The monoisotopic (exact) mass is 865 g/mol. The number of hydrogen-bond donors (Lipinski definition) is 0. The van der Waals surface area contributed by atoms with Crippen LogP contribution in [-0.2, 0) is 38.1 Å². The Morgan fingerprint density at radius 3 is 1.13 bits per heavy atom. The molecule has 2 fully saturated rings. The van der Waals surface area contributed by atoms with E-state index in [9.17, 15) is 19.2 Å². The third kappa shape index (κ3) is 16.5. The van der Waals surface area contributed by atoms with Crippen LogP contribution in [0.4, 0.5) is 0 Å². The van der Waals surface area contributed by atoms with Crippen LogP contribution in [-0.4, -0.2) is 107 Å². The van der Waals surface area contributed by atoms with Gasteiger partial charge in [0.1, 0.15) is 49.1 Å². The number of carbonyl (C=O) groups is 4. The lowest BCUT2D eigenvalue weighted by atomic mass is 9.77. The van der Waals surface area contributed by atoms with Gasteiger partial charge in [0.15, 0.2) is 0 Å². The molecular formula is C50H76N2O10. The zero-order chi connectivity index (χ0) is 45.6. The maximum Gasteiger partial charge on any atom is 0.306 e. The molecule has 0 radical (unpaired) electrons. The molecule has 0 saturated carbocycles. The van der Waals surface area contributed by atoms with Crippen molar-refractivity contribution in [3.63, 3.8) is 0 Å². The number of piperidine rings is 2. The van der Waals surface area contributed by atoms with Gasteiger partial charge in [-0.25, -0.2) is 0 Å². The molecule has 2 atom stereocenters. The molecular weight excluding hydrogens is 789 g/mol. The number of rotatable bonds is 23. The van der Waals surface area contributed by atoms with E-state index in [0.717, 1.165) is 50.0 Å². The molecule has 2 heterocycles. The summed E-state index contributed by atoms with van der Waals surface area (Å²) in [5, 5.41) is 0. The molecule has 2 aliphatic rings. The lowest BCUT2D eigenvalue weighted by Crippen LogP contribution is -2.64. The Hall–Kier alpha value is -4.16. The molecule has 2 aliphatic heterocycles. The summed E-state index contributed by atoms with van der Waals surface area (Å²) in [7, 11) is 0. The average molecular weight is 865 g/mol. The highest BCUT2D eigenvalue weighted by Gasteiger charge is 2.49. The summed E-state index contributed by atoms with van der Waals surface area (Å²) in [6.45, 7) is 21.5. The third-order valence-corrected chi connectivity index (χ3v) is 12.2. The number of likely N-dealkylation sites (tertiary alicyclic amines) is 2. The summed E-state index contributed by atoms with van der Waals surface area (Å²) >= 11 is 0. The highest BCUT2D eigenvalue weighted by molar-refractivity contribution is 5.70. The summed E-state index contributed by atoms with van der Waals surface area (Å²) < 4.78 is 35.4. The Balaban J connectivity index is 1.12. The summed E-state index contributed by atoms with van der Waals surface area (Å²) in [5.74, 6) is 0.428. The van der Waals surface area contributed by atoms with Gasteiger partial charge >= 0.3 is 23.9 Å². The average Bonchev–Trinajstić information content (AvgIpc) is 3.16. The Morgan fingerprint density at radius 2 is 0.823 bits per heavy atom. The van der Waals surface area contributed by atoms with Crippen LogP contribution in [0, 0.1) is 0 Å². The Kier molecular flexibility index (Phi) is 18.7. The molecule has 2 aromatic carbocycles. The second kappa shape index (κ2) is 23.0. The van der Waals surface area contributed by atoms with E-state index in [-0.39, 0.29) is 71.5 Å². The first kappa shape index (κ1) is 50.5. The van der Waals surface area contributed by atoms with Gasteiger partial charge < -0.3 is 28.4 Å². The molecule has 0 amide bonds. The summed E-state index contributed by atoms with van der Waals surface area (Å²) in [6, 6.07) is 19.0. The summed E-state index contributed by atoms with van der Waals surface area (Å²) in [5.41, 5.74) is -1.26. The number of benzene rings is 2. The quantitative estimate of drug-likeness (QED) is 0.0600. The van der Waals surface area contributed by atoms with Gasteiger partial charge in [-0.2, -0.15) is 0 Å². The zero-order valence-electron chi connectivity index (χ0n) is 39.4. The fourth-order valence-corrected chi connectivity index (χ4v) is 9.88. The zero-order valence-corrected chi connectivity index (χ0v) is 39.4. The van der Waals surface area contributed by atoms with Crippen LogP contribution >= 0.6 is 0 Å². The molecule has 0 aromatic heterocycles. The molecule has 2 saturated heterocycles. The molecule has 62 heavy (non-hydrogen) atoms. The van der Waals surface area contributed by atoms with Gasteiger partial charge in [-0.1, -0.05) is 62.1 Å². The van der Waals surface area contributed by atoms with Gasteiger partial charge in [0.2, 0.25) is 0 Å². The van der Waals surface area contributed by atoms with Gasteiger partial charge in [-0.3, -0.25) is 29.0 Å². The van der Waals surface area contributed by atoms with Crippen molar-refractivity contribution in [1.29, 1.82) is 0 Å². The topological polar surface area (TPSA) is 130 Å². The fraction of sp³-hybridized carbons (Fsp3) is 0.680. The summed E-state index contributed by atoms with van der Waals surface area (Å²) in [4.78, 5) is 54.7. The number of hydrogen-bond acceptors (Lipinski definition) is 12. The fourth-order valence-electron chi connectivity index (χ4n) is 9.88. The molecule has 0 aliphatic carbocycles. The van der Waals surface area contributed by atoms with Gasteiger partial charge in [0.25, 0.3) is 0 Å². The van der Waals surface area contributed by atoms with E-state index in [4.69, 9.17) is 28.4 Å². The second-order valence-corrected chi connectivity index (χ2v) is 19.8. The van der Waals surface area contributed by atoms with Crippen molar-refractivity contribution >= 4 is 23.9 Å². The molecule has 346 valence electrons. The van der Waals surface area contributed by atoms with E-state index >= 15 is 0 Å². The molecule has 2 unspecified atom stereocenters. The van der Waals surface area contributed by atoms with E-state index in [1.54, 1.807) is 0 Å². The number of ether oxygens (including phenoxy) is 6. The van der Waals surface area contributed by atoms with E-state index in [1.807, 2.05) is 60.7 Å². The minimum Gasteiger partial charge on any atom is -0.490 e. The standard InChI is InChI=1S/C50H76N2O10/c1-37(53)59-43(35-57-39-23-17-15-18-24-39)33-51-47(3,4)29-41(30-48(51,5)6)61-45(55)27-21-13-11-12-14-22-28-46(56)62-42-31-49(7,8)52(50(9,10)32-42)34-44(60-38(2)54)36-58-40-25-19-16-20-26-40/h15-20,23-26,41-44H,11-14,21-22,27-36H2,1-10H3. The number of nitrogens with zero attached hydrogens (tertiary/aromatic N) is 2. The first-order valence-electron chi connectivity index (χ1n) is 22.8. The van der Waals surface area contributed by atoms with Gasteiger partial charge in [-0.15, -0.1) is 0 Å². The predicted octanol–water partition coefficient (Wildman–Crippen LogP) is 9.26. The van der Waals surface area contributed by atoms with Crippen molar-refractivity contribution in [2.24, 2.45) is 0 Å². The first-order chi connectivity index (χ1) is 29.1. The predicted molar refractivity (Wildman–Crippen MR) is 240 cm³/mol. The second-order valence-electron chi connectivity index (χ2n) is 19.8. The van der Waals surface area contributed by atoms with Crippen LogP contribution in [0.5, 0.6) is 11.5 Å². The Bertz CT molecular complexity index is 1550. The van der Waals surface area contributed by atoms with E-state index in [0.29, 0.717) is 51.6 Å². The van der Waals surface area contributed by atoms with E-state index in [1.165, 1.54) is 13.8 Å². The lowest BCUT2D eigenvalue weighted by molar-refractivity contribution is -0.167. The van der Waals surface area contributed by atoms with Gasteiger partial charge in [0.05, 0.1) is 0 Å². The molecule has 12 nitrogen and oxygen atoms in total. The van der Waals surface area contributed by atoms with Crippen molar-refractivity contribution in [2.45, 2.75) is 193 Å². The van der Waals surface area contributed by atoms with Crippen LogP contribution < -0.4 is 9.47 Å². The number of para-hydroxylation sites is 2. The largest absolute Gasteiger partial charge is 0.490 e. The van der Waals surface area contributed by atoms with Crippen molar-refractivity contribution in [3.05, 3.63) is 60.7 Å². The molecule has 0 N–H and O–H groups in total. The minimum absolute atomic E-state index is 0.162. The highest BCUT2D eigenvalue weighted by Crippen LogP contribution is 2.41. The maximum absolute atomic E-state index is 13.0. The maximum atomic E-state index is 13.0. The van der Waals surface area contributed by atoms with Crippen molar-refractivity contribution < 1.29 is 47.6 Å². The van der Waals surface area contributed by atoms with Crippen molar-refractivity contribution in [1.82, 2.24) is 9.80 Å². The number of esters is 4. The van der Waals surface area contributed by atoms with E-state index in [2.05, 4.69) is 65.2 Å². The molecule has 0 spiro atoms. The summed E-state index contributed by atoms with van der Waals surface area (Å²) in [6.07, 6.45) is 7.53. The highest BCUT2D eigenvalue weighted by atomic mass is 16.6. The molecule has 12 heteroatoms. The van der Waals surface area contributed by atoms with Crippen LogP contribution in [0.3, 0.4) is 0 Å². The van der Waals surface area contributed by atoms with Crippen LogP contribution in [0.2, 0.25) is 0 Å². The number of unbranched alkanes of at least 4 members (excludes halogenated alkanes) is 5. The molecule has 4 rings (SSSR count). The van der Waals surface area contributed by atoms with Crippen LogP contribution in [0.1, 0.15) is 146 Å². The minimum atomic E-state index is -0.456. The van der Waals surface area contributed by atoms with Gasteiger partial charge in [-0.05, 0) is 92.5 Å². The van der Waals surface area contributed by atoms with Crippen molar-refractivity contribution in [3.8, 4) is 11.5 Å². The molecule has 0 bridgehead atoms. The SMILES string of the molecule is CC(=O)OC(COc1ccccc1)CN1C(C)(C)CC(OC(=O)CCCCCCCCC(=O)OC2CC(C)(C)N(CC(COc3ccccc3)OC(C)=O)C(C)(C)C2)CC1(C)C. The smallest absolute Gasteiger partial charge is 0.306 e. The van der Waals surface area contributed by atoms with Crippen molar-refractivity contribution in [2.75, 3.05) is 26.3 Å². The van der Waals surface area contributed by atoms with Gasteiger partial charge in [0, 0.05) is 87.6 Å². The Morgan fingerprint density at radius 1 is 0.516 bits per heavy atom. The normalized spacial score (nSPS) is 19.7. The Labute approximate surface area is 371 Å². The first-order valence-corrected chi connectivity index (χ1v) is 22.8.